The third-order valence-electron chi connectivity index (χ3n) is 4.35. The van der Waals surface area contributed by atoms with Gasteiger partial charge in [0.15, 0.2) is 0 Å². The van der Waals surface area contributed by atoms with Gasteiger partial charge < -0.3 is 10.2 Å². The van der Waals surface area contributed by atoms with E-state index >= 15 is 0 Å². The number of nitrogens with zero attached hydrogens (tertiary/aromatic N) is 2. The van der Waals surface area contributed by atoms with Crippen LogP contribution in [-0.4, -0.2) is 53.8 Å². The largest absolute Gasteiger partial charge is 0.345 e. The summed E-state index contributed by atoms with van der Waals surface area (Å²) in [6.45, 7) is 10.7. The zero-order valence-electron chi connectivity index (χ0n) is 14.7. The highest BCUT2D eigenvalue weighted by molar-refractivity contribution is 6.35. The molecule has 5 heteroatoms. The molecule has 0 aromatic heterocycles. The van der Waals surface area contributed by atoms with E-state index in [4.69, 9.17) is 0 Å². The molecule has 0 aliphatic carbocycles. The van der Waals surface area contributed by atoms with E-state index in [1.165, 1.54) is 10.5 Å². The minimum Gasteiger partial charge on any atom is -0.345 e. The van der Waals surface area contributed by atoms with Crippen molar-refractivity contribution in [1.29, 1.82) is 0 Å². The Morgan fingerprint density at radius 2 is 1.72 bits per heavy atom. The monoisotopic (exact) mass is 341 g/mol. The first-order valence-corrected chi connectivity index (χ1v) is 8.72. The van der Waals surface area contributed by atoms with Crippen LogP contribution in [0.15, 0.2) is 55.6 Å². The van der Waals surface area contributed by atoms with E-state index in [1.807, 2.05) is 18.2 Å². The van der Waals surface area contributed by atoms with Gasteiger partial charge >= 0.3 is 11.8 Å². The number of carbonyl (C=O) groups excluding carboxylic acids is 2. The van der Waals surface area contributed by atoms with Crippen molar-refractivity contribution in [3.05, 3.63) is 61.2 Å². The van der Waals surface area contributed by atoms with Crippen LogP contribution in [0, 0.1) is 0 Å². The van der Waals surface area contributed by atoms with Crippen LogP contribution in [-0.2, 0) is 16.1 Å². The quantitative estimate of drug-likeness (QED) is 0.609. The second kappa shape index (κ2) is 9.79. The van der Waals surface area contributed by atoms with E-state index in [9.17, 15) is 9.59 Å². The Hall–Kier alpha value is -2.40. The van der Waals surface area contributed by atoms with E-state index < -0.39 is 11.8 Å². The maximum Gasteiger partial charge on any atom is 0.312 e. The number of rotatable bonds is 7. The Morgan fingerprint density at radius 3 is 2.28 bits per heavy atom. The fourth-order valence-electron chi connectivity index (χ4n) is 3.02. The van der Waals surface area contributed by atoms with Crippen molar-refractivity contribution < 1.29 is 9.59 Å². The van der Waals surface area contributed by atoms with Crippen LogP contribution in [0.25, 0.3) is 0 Å². The van der Waals surface area contributed by atoms with Crippen LogP contribution < -0.4 is 5.32 Å². The minimum absolute atomic E-state index is 0.0535. The molecular weight excluding hydrogens is 314 g/mol. The van der Waals surface area contributed by atoms with Gasteiger partial charge in [0.05, 0.1) is 0 Å². The molecule has 1 saturated heterocycles. The maximum atomic E-state index is 12.2. The molecule has 25 heavy (non-hydrogen) atoms. The lowest BCUT2D eigenvalue weighted by Gasteiger charge is -2.32. The van der Waals surface area contributed by atoms with E-state index in [1.54, 1.807) is 12.2 Å². The predicted molar refractivity (Wildman–Crippen MR) is 99.9 cm³/mol. The average Bonchev–Trinajstić information content (AvgIpc) is 2.63. The van der Waals surface area contributed by atoms with Crippen LogP contribution in [0.4, 0.5) is 0 Å². The van der Waals surface area contributed by atoms with Gasteiger partial charge in [-0.2, -0.15) is 0 Å². The molecule has 1 heterocycles. The van der Waals surface area contributed by atoms with Gasteiger partial charge in [0, 0.05) is 38.8 Å². The van der Waals surface area contributed by atoms with E-state index in [0.717, 1.165) is 32.5 Å². The van der Waals surface area contributed by atoms with Gasteiger partial charge in [-0.25, -0.2) is 0 Å². The summed E-state index contributed by atoms with van der Waals surface area (Å²) in [6, 6.07) is 10.4. The van der Waals surface area contributed by atoms with Crippen LogP contribution in [0.2, 0.25) is 0 Å². The zero-order valence-corrected chi connectivity index (χ0v) is 14.7. The van der Waals surface area contributed by atoms with E-state index in [-0.39, 0.29) is 6.04 Å². The molecule has 5 nitrogen and oxygen atoms in total. The molecule has 0 atom stereocenters. The molecular formula is C20H27N3O2. The summed E-state index contributed by atoms with van der Waals surface area (Å²) < 4.78 is 0. The fourth-order valence-corrected chi connectivity index (χ4v) is 3.02. The van der Waals surface area contributed by atoms with Crippen LogP contribution in [0.3, 0.4) is 0 Å². The number of hydrogen-bond acceptors (Lipinski definition) is 3. The molecule has 0 saturated carbocycles. The summed E-state index contributed by atoms with van der Waals surface area (Å²) in [5, 5.41) is 2.87. The predicted octanol–water partition coefficient (Wildman–Crippen LogP) is 1.97. The molecule has 0 spiro atoms. The molecule has 1 aliphatic rings. The summed E-state index contributed by atoms with van der Waals surface area (Å²) in [4.78, 5) is 28.2. The first-order chi connectivity index (χ1) is 12.1. The molecule has 2 amide bonds. The minimum atomic E-state index is -0.537. The number of carbonyl (C=O) groups is 2. The van der Waals surface area contributed by atoms with E-state index in [0.29, 0.717) is 13.1 Å². The maximum absolute atomic E-state index is 12.2. The highest BCUT2D eigenvalue weighted by Crippen LogP contribution is 2.14. The van der Waals surface area contributed by atoms with Crippen molar-refractivity contribution >= 4 is 11.8 Å². The van der Waals surface area contributed by atoms with Crippen molar-refractivity contribution in [2.45, 2.75) is 25.4 Å². The van der Waals surface area contributed by atoms with Gasteiger partial charge in [-0.15, -0.1) is 13.2 Å². The lowest BCUT2D eigenvalue weighted by molar-refractivity contribution is -0.145. The molecule has 0 unspecified atom stereocenters. The third kappa shape index (κ3) is 5.87. The van der Waals surface area contributed by atoms with Crippen molar-refractivity contribution in [1.82, 2.24) is 15.1 Å². The van der Waals surface area contributed by atoms with Gasteiger partial charge in [-0.3, -0.25) is 14.5 Å². The molecule has 134 valence electrons. The number of hydrogen-bond donors (Lipinski definition) is 1. The Labute approximate surface area is 150 Å². The normalized spacial score (nSPS) is 15.4. The molecule has 1 fully saturated rings. The van der Waals surface area contributed by atoms with Gasteiger partial charge in [0.25, 0.3) is 0 Å². The summed E-state index contributed by atoms with van der Waals surface area (Å²) >= 11 is 0. The molecule has 1 N–H and O–H groups in total. The van der Waals surface area contributed by atoms with Gasteiger partial charge in [0.1, 0.15) is 0 Å². The highest BCUT2D eigenvalue weighted by atomic mass is 16.2. The fraction of sp³-hybridized carbons (Fsp3) is 0.400. The molecule has 0 radical (unpaired) electrons. The number of nitrogens with one attached hydrogen (secondary N) is 1. The van der Waals surface area contributed by atoms with Crippen molar-refractivity contribution in [3.8, 4) is 0 Å². The molecule has 1 aromatic carbocycles. The lowest BCUT2D eigenvalue weighted by Crippen LogP contribution is -2.50. The Morgan fingerprint density at radius 1 is 1.12 bits per heavy atom. The van der Waals surface area contributed by atoms with Crippen molar-refractivity contribution in [2.75, 3.05) is 26.2 Å². The highest BCUT2D eigenvalue weighted by Gasteiger charge is 2.25. The summed E-state index contributed by atoms with van der Waals surface area (Å²) in [5.41, 5.74) is 1.30. The number of piperidine rings is 1. The van der Waals surface area contributed by atoms with Gasteiger partial charge in [0.2, 0.25) is 0 Å². The number of benzene rings is 1. The second-order valence-electron chi connectivity index (χ2n) is 6.30. The van der Waals surface area contributed by atoms with Crippen LogP contribution in [0.1, 0.15) is 18.4 Å². The first kappa shape index (κ1) is 18.9. The smallest absolute Gasteiger partial charge is 0.312 e. The molecule has 1 aliphatic heterocycles. The van der Waals surface area contributed by atoms with Crippen molar-refractivity contribution in [3.63, 3.8) is 0 Å². The SMILES string of the molecule is C=CCN(CC=C)C(=O)C(=O)NC1CCN(Cc2ccccc2)CC1. The van der Waals surface area contributed by atoms with Gasteiger partial charge in [-0.1, -0.05) is 42.5 Å². The average molecular weight is 341 g/mol. The van der Waals surface area contributed by atoms with Crippen LogP contribution in [0.5, 0.6) is 0 Å². The summed E-state index contributed by atoms with van der Waals surface area (Å²) in [7, 11) is 0. The number of amides is 2. The Kier molecular flexibility index (Phi) is 7.41. The number of likely N-dealkylation sites (tertiary alicyclic amines) is 1. The third-order valence-corrected chi connectivity index (χ3v) is 4.35. The first-order valence-electron chi connectivity index (χ1n) is 8.72. The van der Waals surface area contributed by atoms with Gasteiger partial charge in [-0.05, 0) is 18.4 Å². The lowest BCUT2D eigenvalue weighted by atomic mass is 10.0. The zero-order chi connectivity index (χ0) is 18.1. The van der Waals surface area contributed by atoms with Crippen molar-refractivity contribution in [2.24, 2.45) is 0 Å². The standard InChI is InChI=1S/C20H27N3O2/c1-3-12-23(13-4-2)20(25)19(24)21-18-10-14-22(15-11-18)16-17-8-6-5-7-9-17/h3-9,18H,1-2,10-16H2,(H,21,24). The van der Waals surface area contributed by atoms with Crippen LogP contribution >= 0.6 is 0 Å². The molecule has 0 bridgehead atoms. The van der Waals surface area contributed by atoms with E-state index in [2.05, 4.69) is 35.5 Å². The molecule has 2 rings (SSSR count). The summed E-state index contributed by atoms with van der Waals surface area (Å²) in [6.07, 6.45) is 4.93. The molecule has 1 aromatic rings. The Balaban J connectivity index is 1.78. The Bertz CT molecular complexity index is 582. The summed E-state index contributed by atoms with van der Waals surface area (Å²) in [5.74, 6) is -1.06. The topological polar surface area (TPSA) is 52.7 Å². The second-order valence-corrected chi connectivity index (χ2v) is 6.30.